The Balaban J connectivity index is 1.68. The van der Waals surface area contributed by atoms with Gasteiger partial charge in [0.2, 0.25) is 5.91 Å². The molecule has 0 bridgehead atoms. The molecule has 0 saturated carbocycles. The van der Waals surface area contributed by atoms with Gasteiger partial charge in [-0.15, -0.1) is 0 Å². The molecule has 2 N–H and O–H groups in total. The molecule has 104 valence electrons. The Morgan fingerprint density at radius 1 is 1.42 bits per heavy atom. The quantitative estimate of drug-likeness (QED) is 0.752. The molecule has 1 aromatic rings. The van der Waals surface area contributed by atoms with Gasteiger partial charge in [0.25, 0.3) is 0 Å². The molecule has 0 aromatic carbocycles. The number of carbonyl (C=O) groups is 1. The number of aromatic nitrogens is 2. The van der Waals surface area contributed by atoms with Crippen LogP contribution < -0.4 is 5.32 Å². The van der Waals surface area contributed by atoms with Gasteiger partial charge in [0.15, 0.2) is 0 Å². The number of carbonyl (C=O) groups excluding carboxylic acids is 1. The lowest BCUT2D eigenvalue weighted by atomic mass is 10.0. The van der Waals surface area contributed by atoms with E-state index in [0.29, 0.717) is 26.1 Å². The van der Waals surface area contributed by atoms with Crippen LogP contribution in [0.2, 0.25) is 0 Å². The van der Waals surface area contributed by atoms with Crippen molar-refractivity contribution in [3.8, 4) is 0 Å². The van der Waals surface area contributed by atoms with Crippen LogP contribution in [0.3, 0.4) is 0 Å². The van der Waals surface area contributed by atoms with Crippen molar-refractivity contribution in [1.29, 1.82) is 0 Å². The maximum absolute atomic E-state index is 12.5. The number of imidazole rings is 1. The minimum absolute atomic E-state index is 0.109. The number of hydrogen-bond acceptors (Lipinski definition) is 4. The normalized spacial score (nSPS) is 31.1. The predicted octanol–water partition coefficient (Wildman–Crippen LogP) is 0.0598. The summed E-state index contributed by atoms with van der Waals surface area (Å²) in [4.78, 5) is 21.8. The summed E-state index contributed by atoms with van der Waals surface area (Å²) in [6.45, 7) is 6.05. The molecule has 1 aromatic heterocycles. The Hall–Kier alpha value is -1.40. The van der Waals surface area contributed by atoms with Gasteiger partial charge in [-0.1, -0.05) is 0 Å². The smallest absolute Gasteiger partial charge is 0.240 e. The molecule has 1 amide bonds. The van der Waals surface area contributed by atoms with E-state index in [1.807, 2.05) is 18.7 Å². The van der Waals surface area contributed by atoms with Crippen LogP contribution in [0, 0.1) is 0 Å². The number of rotatable bonds is 1. The van der Waals surface area contributed by atoms with E-state index >= 15 is 0 Å². The molecule has 3 rings (SSSR count). The van der Waals surface area contributed by atoms with Crippen LogP contribution in [0.1, 0.15) is 25.2 Å². The van der Waals surface area contributed by atoms with Crippen molar-refractivity contribution in [2.75, 3.05) is 13.1 Å². The van der Waals surface area contributed by atoms with Crippen molar-refractivity contribution in [3.63, 3.8) is 0 Å². The van der Waals surface area contributed by atoms with Crippen molar-refractivity contribution < 1.29 is 9.53 Å². The molecular formula is C13H20N4O2. The molecule has 3 atom stereocenters. The zero-order chi connectivity index (χ0) is 13.4. The van der Waals surface area contributed by atoms with Crippen molar-refractivity contribution >= 4 is 5.91 Å². The number of nitrogens with zero attached hydrogens (tertiary/aromatic N) is 2. The highest BCUT2D eigenvalue weighted by molar-refractivity contribution is 5.82. The van der Waals surface area contributed by atoms with Gasteiger partial charge >= 0.3 is 0 Å². The van der Waals surface area contributed by atoms with Crippen LogP contribution in [0.5, 0.6) is 0 Å². The zero-order valence-corrected chi connectivity index (χ0v) is 11.3. The first-order chi connectivity index (χ1) is 9.13. The highest BCUT2D eigenvalue weighted by Gasteiger charge is 2.33. The van der Waals surface area contributed by atoms with Crippen LogP contribution in [0.15, 0.2) is 6.33 Å². The number of nitrogens with one attached hydrogen (secondary N) is 2. The highest BCUT2D eigenvalue weighted by atomic mass is 16.5. The van der Waals surface area contributed by atoms with E-state index < -0.39 is 0 Å². The van der Waals surface area contributed by atoms with Crippen LogP contribution in [-0.2, 0) is 22.5 Å². The van der Waals surface area contributed by atoms with Crippen molar-refractivity contribution in [2.45, 2.75) is 45.1 Å². The van der Waals surface area contributed by atoms with E-state index in [1.54, 1.807) is 6.33 Å². The minimum Gasteiger partial charge on any atom is -0.372 e. The van der Waals surface area contributed by atoms with Crippen molar-refractivity contribution in [2.24, 2.45) is 0 Å². The average Bonchev–Trinajstić information content (AvgIpc) is 2.83. The lowest BCUT2D eigenvalue weighted by Crippen LogP contribution is -2.55. The zero-order valence-electron chi connectivity index (χ0n) is 11.3. The standard InChI is InChI=1S/C13H20N4O2/c1-8-5-17(6-9(2)19-8)13(18)11-3-10-12(4-14-11)16-7-15-10/h7-9,11,14H,3-6H2,1-2H3,(H,15,16)/t8-,9+,11?. The van der Waals surface area contributed by atoms with Crippen LogP contribution in [0.4, 0.5) is 0 Å². The summed E-state index contributed by atoms with van der Waals surface area (Å²) in [5.74, 6) is 0.163. The molecule has 0 aliphatic carbocycles. The maximum atomic E-state index is 12.5. The Labute approximate surface area is 112 Å². The van der Waals surface area contributed by atoms with E-state index in [-0.39, 0.29) is 24.2 Å². The summed E-state index contributed by atoms with van der Waals surface area (Å²) < 4.78 is 5.67. The number of ether oxygens (including phenoxy) is 1. The molecule has 2 aliphatic rings. The summed E-state index contributed by atoms with van der Waals surface area (Å²) in [5.41, 5.74) is 2.10. The third-order valence-corrected chi connectivity index (χ3v) is 3.76. The second-order valence-corrected chi connectivity index (χ2v) is 5.47. The summed E-state index contributed by atoms with van der Waals surface area (Å²) in [7, 11) is 0. The molecule has 0 spiro atoms. The van der Waals surface area contributed by atoms with Crippen LogP contribution in [0.25, 0.3) is 0 Å². The van der Waals surface area contributed by atoms with Gasteiger partial charge in [0, 0.05) is 26.1 Å². The lowest BCUT2D eigenvalue weighted by molar-refractivity contribution is -0.145. The first-order valence-corrected chi connectivity index (χ1v) is 6.82. The van der Waals surface area contributed by atoms with E-state index in [2.05, 4.69) is 15.3 Å². The van der Waals surface area contributed by atoms with E-state index in [4.69, 9.17) is 4.74 Å². The second-order valence-electron chi connectivity index (χ2n) is 5.47. The average molecular weight is 264 g/mol. The minimum atomic E-state index is -0.159. The number of amides is 1. The molecule has 6 nitrogen and oxygen atoms in total. The third-order valence-electron chi connectivity index (χ3n) is 3.76. The Morgan fingerprint density at radius 2 is 2.16 bits per heavy atom. The van der Waals surface area contributed by atoms with E-state index in [1.165, 1.54) is 0 Å². The summed E-state index contributed by atoms with van der Waals surface area (Å²) >= 11 is 0. The topological polar surface area (TPSA) is 70.2 Å². The number of H-pyrrole nitrogens is 1. The lowest BCUT2D eigenvalue weighted by Gasteiger charge is -2.37. The Kier molecular flexibility index (Phi) is 3.28. The highest BCUT2D eigenvalue weighted by Crippen LogP contribution is 2.17. The molecule has 1 fully saturated rings. The Morgan fingerprint density at radius 3 is 2.89 bits per heavy atom. The van der Waals surface area contributed by atoms with Crippen LogP contribution >= 0.6 is 0 Å². The number of morpholine rings is 1. The molecular weight excluding hydrogens is 244 g/mol. The largest absolute Gasteiger partial charge is 0.372 e. The summed E-state index contributed by atoms with van der Waals surface area (Å²) in [6, 6.07) is -0.159. The van der Waals surface area contributed by atoms with Gasteiger partial charge in [-0.25, -0.2) is 4.98 Å². The molecule has 1 unspecified atom stereocenters. The van der Waals surface area contributed by atoms with E-state index in [0.717, 1.165) is 11.4 Å². The first kappa shape index (κ1) is 12.6. The van der Waals surface area contributed by atoms with Gasteiger partial charge < -0.3 is 14.6 Å². The van der Waals surface area contributed by atoms with Gasteiger partial charge in [-0.05, 0) is 13.8 Å². The van der Waals surface area contributed by atoms with Gasteiger partial charge in [-0.3, -0.25) is 10.1 Å². The Bertz CT molecular complexity index is 463. The summed E-state index contributed by atoms with van der Waals surface area (Å²) in [5, 5.41) is 3.28. The fourth-order valence-electron chi connectivity index (χ4n) is 2.92. The van der Waals surface area contributed by atoms with Gasteiger partial charge in [0.1, 0.15) is 0 Å². The van der Waals surface area contributed by atoms with Crippen LogP contribution in [-0.4, -0.2) is 52.1 Å². The van der Waals surface area contributed by atoms with E-state index in [9.17, 15) is 4.79 Å². The monoisotopic (exact) mass is 264 g/mol. The molecule has 0 radical (unpaired) electrons. The first-order valence-electron chi connectivity index (χ1n) is 6.82. The molecule has 1 saturated heterocycles. The SMILES string of the molecule is C[C@@H]1CN(C(=O)C2Cc3nc[nH]c3CN2)C[C@H](C)O1. The predicted molar refractivity (Wildman–Crippen MR) is 69.5 cm³/mol. The summed E-state index contributed by atoms with van der Waals surface area (Å²) in [6.07, 6.45) is 2.57. The van der Waals surface area contributed by atoms with Crippen molar-refractivity contribution in [1.82, 2.24) is 20.2 Å². The number of hydrogen-bond donors (Lipinski definition) is 2. The second kappa shape index (κ2) is 4.94. The molecule has 19 heavy (non-hydrogen) atoms. The fraction of sp³-hybridized carbons (Fsp3) is 0.692. The number of fused-ring (bicyclic) bond motifs is 1. The van der Waals surface area contributed by atoms with Crippen molar-refractivity contribution in [3.05, 3.63) is 17.7 Å². The fourth-order valence-corrected chi connectivity index (χ4v) is 2.92. The van der Waals surface area contributed by atoms with Gasteiger partial charge in [-0.2, -0.15) is 0 Å². The molecule has 2 aliphatic heterocycles. The maximum Gasteiger partial charge on any atom is 0.240 e. The van der Waals surface area contributed by atoms with Gasteiger partial charge in [0.05, 0.1) is 36.0 Å². The molecule has 6 heteroatoms. The number of aromatic amines is 1. The molecule has 3 heterocycles. The third kappa shape index (κ3) is 2.50.